The van der Waals surface area contributed by atoms with Crippen LogP contribution < -0.4 is 0 Å². The lowest BCUT2D eigenvalue weighted by molar-refractivity contribution is 1.02. The summed E-state index contributed by atoms with van der Waals surface area (Å²) in [7, 11) is 0. The van der Waals surface area contributed by atoms with Crippen LogP contribution in [0, 0.1) is 0 Å². The van der Waals surface area contributed by atoms with Crippen molar-refractivity contribution in [2.24, 2.45) is 0 Å². The molecule has 1 aliphatic carbocycles. The van der Waals surface area contributed by atoms with Gasteiger partial charge in [-0.25, -0.2) is 9.97 Å². The number of hydrogen-bond acceptors (Lipinski definition) is 2. The average molecular weight is 596 g/mol. The predicted octanol–water partition coefficient (Wildman–Crippen LogP) is 11.5. The van der Waals surface area contributed by atoms with Gasteiger partial charge < -0.3 is 0 Å². The fraction of sp³-hybridized carbons (Fsp3) is 0. The second kappa shape index (κ2) is 9.12. The summed E-state index contributed by atoms with van der Waals surface area (Å²) in [5.74, 6) is 0.678. The fourth-order valence-corrected chi connectivity index (χ4v) is 8.05. The summed E-state index contributed by atoms with van der Waals surface area (Å²) in [5.41, 5.74) is 10.3. The number of nitrogens with zero attached hydrogens (tertiary/aromatic N) is 3. The molecule has 216 valence electrons. The third-order valence-corrected chi connectivity index (χ3v) is 10.1. The van der Waals surface area contributed by atoms with Crippen molar-refractivity contribution in [1.82, 2.24) is 14.5 Å². The molecule has 0 saturated carbocycles. The molecule has 11 rings (SSSR count). The molecule has 2 aromatic heterocycles. The van der Waals surface area contributed by atoms with E-state index >= 15 is 0 Å². The summed E-state index contributed by atoms with van der Waals surface area (Å²) in [5, 5.41) is 10.8. The maximum atomic E-state index is 5.46. The van der Waals surface area contributed by atoms with E-state index in [-0.39, 0.29) is 0 Å². The standard InChI is InChI=1S/C44H25N3/c1-2-12-27(13-3-1)42-35-22-21-26-11-6-7-16-30(26)43(35)46-44(45-42)47-38-24-29-15-5-4-14-28(29)23-37(38)41-34-20-10-19-33-31-17-8-9-18-32(31)36(40(33)34)25-39(41)47/h1-25H. The van der Waals surface area contributed by atoms with E-state index in [1.807, 2.05) is 0 Å². The number of hydrogen-bond donors (Lipinski definition) is 0. The largest absolute Gasteiger partial charge is 0.278 e. The number of aromatic nitrogens is 3. The summed E-state index contributed by atoms with van der Waals surface area (Å²) in [6.07, 6.45) is 0. The van der Waals surface area contributed by atoms with Crippen LogP contribution in [-0.2, 0) is 0 Å². The molecule has 0 N–H and O–H groups in total. The van der Waals surface area contributed by atoms with Crippen LogP contribution in [-0.4, -0.2) is 14.5 Å². The van der Waals surface area contributed by atoms with Gasteiger partial charge in [0, 0.05) is 27.1 Å². The van der Waals surface area contributed by atoms with E-state index < -0.39 is 0 Å². The molecular formula is C44H25N3. The topological polar surface area (TPSA) is 30.7 Å². The van der Waals surface area contributed by atoms with Gasteiger partial charge in [0.2, 0.25) is 5.95 Å². The van der Waals surface area contributed by atoms with Crippen molar-refractivity contribution in [3.63, 3.8) is 0 Å². The second-order valence-corrected chi connectivity index (χ2v) is 12.6. The Labute approximate surface area is 270 Å². The Bertz CT molecular complexity index is 2950. The minimum absolute atomic E-state index is 0.678. The lowest BCUT2D eigenvalue weighted by Gasteiger charge is -2.14. The summed E-state index contributed by atoms with van der Waals surface area (Å²) < 4.78 is 2.31. The quantitative estimate of drug-likeness (QED) is 0.186. The molecule has 0 radical (unpaired) electrons. The van der Waals surface area contributed by atoms with E-state index in [2.05, 4.69) is 156 Å². The Morgan fingerprint density at radius 1 is 0.383 bits per heavy atom. The van der Waals surface area contributed by atoms with E-state index in [0.717, 1.165) is 38.6 Å². The number of rotatable bonds is 2. The highest BCUT2D eigenvalue weighted by Crippen LogP contribution is 2.51. The van der Waals surface area contributed by atoms with Crippen molar-refractivity contribution in [3.8, 4) is 39.5 Å². The van der Waals surface area contributed by atoms with E-state index in [1.165, 1.54) is 60.0 Å². The van der Waals surface area contributed by atoms with Gasteiger partial charge in [-0.3, -0.25) is 4.57 Å². The van der Waals surface area contributed by atoms with Crippen LogP contribution in [0.3, 0.4) is 0 Å². The zero-order valence-corrected chi connectivity index (χ0v) is 25.3. The van der Waals surface area contributed by atoms with Gasteiger partial charge in [0.25, 0.3) is 0 Å². The number of fused-ring (bicyclic) bond motifs is 11. The van der Waals surface area contributed by atoms with Crippen molar-refractivity contribution in [2.75, 3.05) is 0 Å². The van der Waals surface area contributed by atoms with Crippen molar-refractivity contribution in [1.29, 1.82) is 0 Å². The Morgan fingerprint density at radius 3 is 1.91 bits per heavy atom. The molecule has 10 aromatic rings. The van der Waals surface area contributed by atoms with Crippen LogP contribution in [0.5, 0.6) is 0 Å². The highest BCUT2D eigenvalue weighted by Gasteiger charge is 2.26. The smallest absolute Gasteiger partial charge is 0.235 e. The molecular weight excluding hydrogens is 571 g/mol. The van der Waals surface area contributed by atoms with E-state index in [4.69, 9.17) is 9.97 Å². The summed E-state index contributed by atoms with van der Waals surface area (Å²) in [4.78, 5) is 10.9. The zero-order chi connectivity index (χ0) is 30.6. The summed E-state index contributed by atoms with van der Waals surface area (Å²) in [6.45, 7) is 0. The summed E-state index contributed by atoms with van der Waals surface area (Å²) in [6, 6.07) is 54.7. The molecule has 0 fully saturated rings. The molecule has 2 heterocycles. The van der Waals surface area contributed by atoms with E-state index in [0.29, 0.717) is 5.95 Å². The van der Waals surface area contributed by atoms with Crippen LogP contribution in [0.4, 0.5) is 0 Å². The van der Waals surface area contributed by atoms with Crippen LogP contribution in [0.25, 0.3) is 104 Å². The minimum atomic E-state index is 0.678. The van der Waals surface area contributed by atoms with Crippen molar-refractivity contribution < 1.29 is 0 Å². The van der Waals surface area contributed by atoms with Crippen molar-refractivity contribution in [2.45, 2.75) is 0 Å². The molecule has 8 aromatic carbocycles. The van der Waals surface area contributed by atoms with Crippen LogP contribution in [0.1, 0.15) is 0 Å². The molecule has 0 atom stereocenters. The molecule has 3 heteroatoms. The Kier molecular flexibility index (Phi) is 4.84. The van der Waals surface area contributed by atoms with E-state index in [1.54, 1.807) is 0 Å². The average Bonchev–Trinajstić information content (AvgIpc) is 3.63. The van der Waals surface area contributed by atoms with Crippen molar-refractivity contribution in [3.05, 3.63) is 152 Å². The lowest BCUT2D eigenvalue weighted by Crippen LogP contribution is -2.04. The zero-order valence-electron chi connectivity index (χ0n) is 25.3. The minimum Gasteiger partial charge on any atom is -0.278 e. The predicted molar refractivity (Wildman–Crippen MR) is 196 cm³/mol. The first-order valence-electron chi connectivity index (χ1n) is 16.1. The molecule has 0 amide bonds. The Hall–Kier alpha value is -6.32. The second-order valence-electron chi connectivity index (χ2n) is 12.6. The first-order valence-corrected chi connectivity index (χ1v) is 16.1. The maximum Gasteiger partial charge on any atom is 0.235 e. The highest BCUT2D eigenvalue weighted by atomic mass is 15.2. The van der Waals surface area contributed by atoms with Crippen LogP contribution >= 0.6 is 0 Å². The van der Waals surface area contributed by atoms with Gasteiger partial charge in [-0.2, -0.15) is 0 Å². The normalized spacial score (nSPS) is 12.3. The van der Waals surface area contributed by atoms with Gasteiger partial charge in [0.05, 0.1) is 22.2 Å². The van der Waals surface area contributed by atoms with E-state index in [9.17, 15) is 0 Å². The molecule has 0 bridgehead atoms. The first-order chi connectivity index (χ1) is 23.3. The molecule has 0 unspecified atom stereocenters. The van der Waals surface area contributed by atoms with Gasteiger partial charge in [0.1, 0.15) is 0 Å². The van der Waals surface area contributed by atoms with Crippen molar-refractivity contribution >= 4 is 65.0 Å². The maximum absolute atomic E-state index is 5.46. The molecule has 3 nitrogen and oxygen atoms in total. The van der Waals surface area contributed by atoms with Gasteiger partial charge in [-0.05, 0) is 73.5 Å². The molecule has 47 heavy (non-hydrogen) atoms. The monoisotopic (exact) mass is 595 g/mol. The number of benzene rings is 8. The Balaban J connectivity index is 1.36. The third-order valence-electron chi connectivity index (χ3n) is 10.1. The SMILES string of the molecule is c1ccc(-c2nc(-n3c4cc5ccccc5cc4c4c5cccc6c5c(cc43)-c3ccccc3-6)nc3c2ccc2ccccc23)cc1. The van der Waals surface area contributed by atoms with Gasteiger partial charge in [0.15, 0.2) is 0 Å². The van der Waals surface area contributed by atoms with Crippen LogP contribution in [0.15, 0.2) is 152 Å². The molecule has 0 aliphatic heterocycles. The third kappa shape index (κ3) is 3.35. The Morgan fingerprint density at radius 2 is 1.06 bits per heavy atom. The van der Waals surface area contributed by atoms with Crippen LogP contribution in [0.2, 0.25) is 0 Å². The van der Waals surface area contributed by atoms with Gasteiger partial charge in [-0.15, -0.1) is 0 Å². The molecule has 0 saturated heterocycles. The first kappa shape index (κ1) is 24.9. The lowest BCUT2D eigenvalue weighted by atomic mass is 9.97. The van der Waals surface area contributed by atoms with Gasteiger partial charge in [-0.1, -0.05) is 127 Å². The molecule has 0 spiro atoms. The molecule has 1 aliphatic rings. The van der Waals surface area contributed by atoms with Gasteiger partial charge >= 0.3 is 0 Å². The fourth-order valence-electron chi connectivity index (χ4n) is 8.05. The summed E-state index contributed by atoms with van der Waals surface area (Å²) >= 11 is 0. The highest BCUT2D eigenvalue weighted by molar-refractivity contribution is 6.30.